The fourth-order valence-electron chi connectivity index (χ4n) is 2.29. The smallest absolute Gasteiger partial charge is 0.228 e. The molecule has 1 aliphatic rings. The summed E-state index contributed by atoms with van der Waals surface area (Å²) in [6, 6.07) is 9.77. The average Bonchev–Trinajstić information content (AvgIpc) is 2.89. The molecule has 0 aromatic heterocycles. The Kier molecular flexibility index (Phi) is 5.21. The van der Waals surface area contributed by atoms with Gasteiger partial charge in [0.25, 0.3) is 0 Å². The predicted octanol–water partition coefficient (Wildman–Crippen LogP) is 2.19. The third-order valence-electron chi connectivity index (χ3n) is 3.24. The summed E-state index contributed by atoms with van der Waals surface area (Å²) in [5.41, 5.74) is 1.09. The fourth-order valence-corrected chi connectivity index (χ4v) is 3.82. The maximum Gasteiger partial charge on any atom is 0.228 e. The monoisotopic (exact) mass is 303 g/mol. The summed E-state index contributed by atoms with van der Waals surface area (Å²) in [7, 11) is -3.32. The van der Waals surface area contributed by atoms with E-state index in [0.717, 1.165) is 18.4 Å². The third kappa shape index (κ3) is 3.92. The Balaban J connectivity index is 1.85. The lowest BCUT2D eigenvalue weighted by atomic mass is 10.2. The van der Waals surface area contributed by atoms with Crippen LogP contribution in [0, 0.1) is 0 Å². The zero-order chi connectivity index (χ0) is 13.7. The molecule has 0 radical (unpaired) electrons. The predicted molar refractivity (Wildman–Crippen MR) is 75.5 cm³/mol. The third-order valence-corrected chi connectivity index (χ3v) is 5.54. The lowest BCUT2D eigenvalue weighted by Gasteiger charge is -2.22. The van der Waals surface area contributed by atoms with E-state index in [-0.39, 0.29) is 11.3 Å². The summed E-state index contributed by atoms with van der Waals surface area (Å²) in [5, 5.41) is -0.359. The van der Waals surface area contributed by atoms with E-state index in [4.69, 9.17) is 16.3 Å². The van der Waals surface area contributed by atoms with Gasteiger partial charge in [0.2, 0.25) is 10.0 Å². The molecule has 1 heterocycles. The minimum atomic E-state index is -3.32. The molecule has 0 saturated carbocycles. The van der Waals surface area contributed by atoms with E-state index in [0.29, 0.717) is 19.8 Å². The van der Waals surface area contributed by atoms with Crippen LogP contribution in [0.25, 0.3) is 0 Å². The van der Waals surface area contributed by atoms with Crippen LogP contribution in [0.1, 0.15) is 18.4 Å². The molecular weight excluding hydrogens is 286 g/mol. The molecule has 0 spiro atoms. The van der Waals surface area contributed by atoms with Gasteiger partial charge in [-0.1, -0.05) is 30.3 Å². The Bertz CT molecular complexity index is 492. The molecule has 106 valence electrons. The van der Waals surface area contributed by atoms with Gasteiger partial charge in [0.05, 0.1) is 13.2 Å². The van der Waals surface area contributed by atoms with Gasteiger partial charge in [-0.25, -0.2) is 8.42 Å². The molecule has 0 bridgehead atoms. The summed E-state index contributed by atoms with van der Waals surface area (Å²) in [6.07, 6.45) is 1.71. The van der Waals surface area contributed by atoms with Gasteiger partial charge in [-0.3, -0.25) is 0 Å². The number of benzene rings is 1. The van der Waals surface area contributed by atoms with Gasteiger partial charge in [-0.05, 0) is 18.4 Å². The topological polar surface area (TPSA) is 46.6 Å². The highest BCUT2D eigenvalue weighted by molar-refractivity contribution is 7.90. The normalized spacial score (nSPS) is 20.8. The van der Waals surface area contributed by atoms with E-state index < -0.39 is 10.0 Å². The molecule has 0 unspecified atom stereocenters. The number of hydrogen-bond donors (Lipinski definition) is 0. The average molecular weight is 304 g/mol. The molecule has 1 atom stereocenters. The molecule has 1 aromatic carbocycles. The largest absolute Gasteiger partial charge is 0.375 e. The van der Waals surface area contributed by atoms with Crippen molar-refractivity contribution in [2.24, 2.45) is 0 Å². The van der Waals surface area contributed by atoms with Crippen LogP contribution in [0.5, 0.6) is 0 Å². The molecule has 6 heteroatoms. The Labute approximate surface area is 119 Å². The molecule has 1 aromatic rings. The molecule has 0 amide bonds. The SMILES string of the molecule is O=S(=O)(CCl)N1CCC[C@H]1COCc1ccccc1. The van der Waals surface area contributed by atoms with Crippen molar-refractivity contribution in [2.45, 2.75) is 25.5 Å². The quantitative estimate of drug-likeness (QED) is 0.757. The molecule has 4 nitrogen and oxygen atoms in total. The van der Waals surface area contributed by atoms with Crippen LogP contribution < -0.4 is 0 Å². The highest BCUT2D eigenvalue weighted by Gasteiger charge is 2.33. The van der Waals surface area contributed by atoms with Gasteiger partial charge < -0.3 is 4.74 Å². The Morgan fingerprint density at radius 2 is 2.05 bits per heavy atom. The standard InChI is InChI=1S/C13H18ClNO3S/c14-11-19(16,17)15-8-4-7-13(15)10-18-9-12-5-2-1-3-6-12/h1-3,5-6,13H,4,7-11H2/t13-/m0/s1. The minimum Gasteiger partial charge on any atom is -0.375 e. The molecule has 0 N–H and O–H groups in total. The summed E-state index contributed by atoms with van der Waals surface area (Å²) in [4.78, 5) is 0. The van der Waals surface area contributed by atoms with Crippen molar-refractivity contribution < 1.29 is 13.2 Å². The first-order valence-corrected chi connectivity index (χ1v) is 8.45. The molecule has 1 saturated heterocycles. The maximum atomic E-state index is 11.8. The van der Waals surface area contributed by atoms with Crippen LogP contribution in [0.3, 0.4) is 0 Å². The number of halogens is 1. The first kappa shape index (κ1) is 14.8. The zero-order valence-corrected chi connectivity index (χ0v) is 12.2. The van der Waals surface area contributed by atoms with Gasteiger partial charge >= 0.3 is 0 Å². The van der Waals surface area contributed by atoms with E-state index in [1.165, 1.54) is 4.31 Å². The number of ether oxygens (including phenoxy) is 1. The number of rotatable bonds is 6. The highest BCUT2D eigenvalue weighted by atomic mass is 35.5. The number of hydrogen-bond acceptors (Lipinski definition) is 3. The Morgan fingerprint density at radius 1 is 1.32 bits per heavy atom. The summed E-state index contributed by atoms with van der Waals surface area (Å²) in [6.45, 7) is 1.48. The van der Waals surface area contributed by atoms with Crippen molar-refractivity contribution in [3.8, 4) is 0 Å². The van der Waals surface area contributed by atoms with E-state index in [1.54, 1.807) is 0 Å². The van der Waals surface area contributed by atoms with Crippen LogP contribution in [-0.2, 0) is 21.4 Å². The molecular formula is C13H18ClNO3S. The van der Waals surface area contributed by atoms with Crippen LogP contribution in [0.2, 0.25) is 0 Å². The first-order valence-electron chi connectivity index (χ1n) is 6.30. The van der Waals surface area contributed by atoms with Crippen molar-refractivity contribution in [2.75, 3.05) is 18.4 Å². The fraction of sp³-hybridized carbons (Fsp3) is 0.538. The van der Waals surface area contributed by atoms with Gasteiger partial charge in [0.15, 0.2) is 0 Å². The summed E-state index contributed by atoms with van der Waals surface area (Å²) < 4.78 is 30.7. The number of nitrogens with zero attached hydrogens (tertiary/aromatic N) is 1. The van der Waals surface area contributed by atoms with Crippen LogP contribution in [-0.4, -0.2) is 37.1 Å². The van der Waals surface area contributed by atoms with Crippen molar-refractivity contribution in [1.29, 1.82) is 0 Å². The second-order valence-electron chi connectivity index (χ2n) is 4.63. The van der Waals surface area contributed by atoms with E-state index in [1.807, 2.05) is 30.3 Å². The van der Waals surface area contributed by atoms with Crippen molar-refractivity contribution >= 4 is 21.6 Å². The minimum absolute atomic E-state index is 0.0764. The lowest BCUT2D eigenvalue weighted by Crippen LogP contribution is -2.38. The highest BCUT2D eigenvalue weighted by Crippen LogP contribution is 2.22. The van der Waals surface area contributed by atoms with E-state index >= 15 is 0 Å². The molecule has 1 aliphatic heterocycles. The van der Waals surface area contributed by atoms with E-state index in [2.05, 4.69) is 0 Å². The number of sulfonamides is 1. The van der Waals surface area contributed by atoms with Crippen LogP contribution >= 0.6 is 11.6 Å². The summed E-state index contributed by atoms with van der Waals surface area (Å²) in [5.74, 6) is 0. The molecule has 19 heavy (non-hydrogen) atoms. The second-order valence-corrected chi connectivity index (χ2v) is 7.13. The van der Waals surface area contributed by atoms with Gasteiger partial charge in [-0.15, -0.1) is 11.6 Å². The first-order chi connectivity index (χ1) is 9.13. The van der Waals surface area contributed by atoms with Crippen LogP contribution in [0.4, 0.5) is 0 Å². The molecule has 1 fully saturated rings. The van der Waals surface area contributed by atoms with Crippen LogP contribution in [0.15, 0.2) is 30.3 Å². The number of alkyl halides is 1. The molecule has 2 rings (SSSR count). The zero-order valence-electron chi connectivity index (χ0n) is 10.7. The second kappa shape index (κ2) is 6.70. The Morgan fingerprint density at radius 3 is 2.74 bits per heavy atom. The maximum absolute atomic E-state index is 11.8. The van der Waals surface area contributed by atoms with Gasteiger partial charge in [0.1, 0.15) is 5.21 Å². The molecule has 0 aliphatic carbocycles. The van der Waals surface area contributed by atoms with E-state index in [9.17, 15) is 8.42 Å². The van der Waals surface area contributed by atoms with Crippen molar-refractivity contribution in [3.63, 3.8) is 0 Å². The van der Waals surface area contributed by atoms with Crippen molar-refractivity contribution in [3.05, 3.63) is 35.9 Å². The lowest BCUT2D eigenvalue weighted by molar-refractivity contribution is 0.0874. The Hall–Kier alpha value is -0.620. The summed E-state index contributed by atoms with van der Waals surface area (Å²) >= 11 is 5.50. The van der Waals surface area contributed by atoms with Gasteiger partial charge in [-0.2, -0.15) is 4.31 Å². The van der Waals surface area contributed by atoms with Crippen molar-refractivity contribution in [1.82, 2.24) is 4.31 Å². The van der Waals surface area contributed by atoms with Gasteiger partial charge in [0, 0.05) is 12.6 Å².